The summed E-state index contributed by atoms with van der Waals surface area (Å²) >= 11 is 0. The molecule has 1 N–H and O–H groups in total. The van der Waals surface area contributed by atoms with Crippen molar-refractivity contribution in [1.29, 1.82) is 0 Å². The lowest BCUT2D eigenvalue weighted by molar-refractivity contribution is -0.0288. The second kappa shape index (κ2) is 9.33. The summed E-state index contributed by atoms with van der Waals surface area (Å²) < 4.78 is 11.8. The third kappa shape index (κ3) is 4.49. The van der Waals surface area contributed by atoms with Crippen LogP contribution in [0, 0.1) is 0 Å². The number of ether oxygens (including phenoxy) is 2. The van der Waals surface area contributed by atoms with E-state index in [4.69, 9.17) is 9.47 Å². The van der Waals surface area contributed by atoms with Crippen molar-refractivity contribution >= 4 is 5.57 Å². The van der Waals surface area contributed by atoms with Crippen LogP contribution in [-0.2, 0) is 12.0 Å². The van der Waals surface area contributed by atoms with Crippen LogP contribution in [0.5, 0.6) is 17.4 Å². The minimum atomic E-state index is -0.820. The number of hydrogen-bond acceptors (Lipinski definition) is 6. The van der Waals surface area contributed by atoms with Crippen LogP contribution in [0.15, 0.2) is 67.0 Å². The van der Waals surface area contributed by atoms with Gasteiger partial charge in [-0.15, -0.1) is 0 Å². The van der Waals surface area contributed by atoms with Crippen LogP contribution >= 0.6 is 0 Å². The standard InChI is InChI=1S/C27H29N3O3/c1-32-23-9-4-10-24-22(23)19-20(21-8-5-15-29-26(21)33-24)7-6-16-30-17-12-27(31,13-18-30)25-11-2-3-14-28-25/h2-5,7-11,14-15,31H,6,12-13,16-19H2,1H3. The molecule has 3 aromatic rings. The molecule has 6 nitrogen and oxygen atoms in total. The smallest absolute Gasteiger partial charge is 0.226 e. The van der Waals surface area contributed by atoms with E-state index >= 15 is 0 Å². The summed E-state index contributed by atoms with van der Waals surface area (Å²) in [7, 11) is 1.69. The number of nitrogens with zero attached hydrogens (tertiary/aromatic N) is 3. The predicted molar refractivity (Wildman–Crippen MR) is 127 cm³/mol. The maximum Gasteiger partial charge on any atom is 0.226 e. The summed E-state index contributed by atoms with van der Waals surface area (Å²) in [6.07, 6.45) is 8.86. The predicted octanol–water partition coefficient (Wildman–Crippen LogP) is 4.59. The van der Waals surface area contributed by atoms with Crippen molar-refractivity contribution in [3.63, 3.8) is 0 Å². The molecule has 1 aromatic carbocycles. The van der Waals surface area contributed by atoms with E-state index in [-0.39, 0.29) is 0 Å². The first kappa shape index (κ1) is 21.6. The number of piperidine rings is 1. The van der Waals surface area contributed by atoms with E-state index in [1.54, 1.807) is 19.5 Å². The number of hydrogen-bond donors (Lipinski definition) is 1. The van der Waals surface area contributed by atoms with Gasteiger partial charge in [0.25, 0.3) is 0 Å². The van der Waals surface area contributed by atoms with Crippen molar-refractivity contribution in [2.75, 3.05) is 26.7 Å². The maximum absolute atomic E-state index is 11.0. The maximum atomic E-state index is 11.0. The van der Waals surface area contributed by atoms with Crippen molar-refractivity contribution in [2.24, 2.45) is 0 Å². The molecular weight excluding hydrogens is 414 g/mol. The molecule has 33 heavy (non-hydrogen) atoms. The minimum absolute atomic E-state index is 0.633. The van der Waals surface area contributed by atoms with E-state index < -0.39 is 5.60 Å². The van der Waals surface area contributed by atoms with Crippen LogP contribution in [-0.4, -0.2) is 46.7 Å². The second-order valence-corrected chi connectivity index (χ2v) is 8.68. The van der Waals surface area contributed by atoms with Crippen LogP contribution in [0.25, 0.3) is 5.57 Å². The highest BCUT2D eigenvalue weighted by Gasteiger charge is 2.34. The molecule has 4 heterocycles. The normalized spacial score (nSPS) is 18.7. The topological polar surface area (TPSA) is 67.7 Å². The van der Waals surface area contributed by atoms with Gasteiger partial charge in [0.05, 0.1) is 12.8 Å². The third-order valence-corrected chi connectivity index (χ3v) is 6.66. The lowest BCUT2D eigenvalue weighted by Crippen LogP contribution is -2.43. The molecule has 2 aliphatic heterocycles. The highest BCUT2D eigenvalue weighted by molar-refractivity contribution is 5.74. The summed E-state index contributed by atoms with van der Waals surface area (Å²) in [6, 6.07) is 15.6. The highest BCUT2D eigenvalue weighted by Crippen LogP contribution is 2.41. The van der Waals surface area contributed by atoms with Crippen LogP contribution in [0.2, 0.25) is 0 Å². The molecule has 0 spiro atoms. The van der Waals surface area contributed by atoms with Gasteiger partial charge in [0.1, 0.15) is 17.1 Å². The van der Waals surface area contributed by atoms with Gasteiger partial charge in [0.15, 0.2) is 0 Å². The first-order chi connectivity index (χ1) is 16.2. The summed E-state index contributed by atoms with van der Waals surface area (Å²) in [6.45, 7) is 2.65. The number of rotatable bonds is 5. The Labute approximate surface area is 194 Å². The minimum Gasteiger partial charge on any atom is -0.496 e. The zero-order chi connectivity index (χ0) is 22.7. The summed E-state index contributed by atoms with van der Waals surface area (Å²) in [5, 5.41) is 11.0. The molecule has 0 amide bonds. The average molecular weight is 444 g/mol. The first-order valence-electron chi connectivity index (χ1n) is 11.5. The number of methoxy groups -OCH3 is 1. The van der Waals surface area contributed by atoms with Gasteiger partial charge >= 0.3 is 0 Å². The molecule has 0 radical (unpaired) electrons. The quantitative estimate of drug-likeness (QED) is 0.622. The van der Waals surface area contributed by atoms with Crippen LogP contribution in [0.4, 0.5) is 0 Å². The van der Waals surface area contributed by atoms with Gasteiger partial charge < -0.3 is 19.5 Å². The molecule has 2 aromatic heterocycles. The molecule has 0 aliphatic carbocycles. The summed E-state index contributed by atoms with van der Waals surface area (Å²) in [5.74, 6) is 2.26. The Morgan fingerprint density at radius 3 is 2.70 bits per heavy atom. The lowest BCUT2D eigenvalue weighted by atomic mass is 9.87. The number of pyridine rings is 2. The van der Waals surface area contributed by atoms with Gasteiger partial charge in [-0.3, -0.25) is 4.98 Å². The molecule has 1 saturated heterocycles. The fourth-order valence-corrected chi connectivity index (χ4v) is 4.76. The van der Waals surface area contributed by atoms with Crippen LogP contribution < -0.4 is 9.47 Å². The van der Waals surface area contributed by atoms with Crippen LogP contribution in [0.3, 0.4) is 0 Å². The SMILES string of the molecule is COc1cccc2c1CC(=CCCN1CCC(O)(c3ccccn3)CC1)c1cccnc1O2. The molecule has 0 unspecified atom stereocenters. The molecule has 0 atom stereocenters. The van der Waals surface area contributed by atoms with Crippen molar-refractivity contribution in [2.45, 2.75) is 31.3 Å². The van der Waals surface area contributed by atoms with E-state index in [9.17, 15) is 5.11 Å². The van der Waals surface area contributed by atoms with Gasteiger partial charge in [-0.1, -0.05) is 18.2 Å². The Morgan fingerprint density at radius 2 is 1.91 bits per heavy atom. The molecule has 5 rings (SSSR count). The van der Waals surface area contributed by atoms with Crippen molar-refractivity contribution in [3.8, 4) is 17.4 Å². The number of likely N-dealkylation sites (tertiary alicyclic amines) is 1. The van der Waals surface area contributed by atoms with E-state index in [0.29, 0.717) is 18.7 Å². The Balaban J connectivity index is 1.29. The largest absolute Gasteiger partial charge is 0.496 e. The Bertz CT molecular complexity index is 1140. The lowest BCUT2D eigenvalue weighted by Gasteiger charge is -2.37. The number of allylic oxidation sites excluding steroid dienone is 1. The fourth-order valence-electron chi connectivity index (χ4n) is 4.76. The summed E-state index contributed by atoms with van der Waals surface area (Å²) in [4.78, 5) is 11.3. The molecular formula is C27H29N3O3. The number of benzene rings is 1. The molecule has 0 saturated carbocycles. The van der Waals surface area contributed by atoms with Crippen molar-refractivity contribution in [1.82, 2.24) is 14.9 Å². The van der Waals surface area contributed by atoms with E-state index in [1.165, 1.54) is 5.57 Å². The Morgan fingerprint density at radius 1 is 1.06 bits per heavy atom. The molecule has 170 valence electrons. The third-order valence-electron chi connectivity index (χ3n) is 6.66. The summed E-state index contributed by atoms with van der Waals surface area (Å²) in [5.41, 5.74) is 3.23. The average Bonchev–Trinajstić information content (AvgIpc) is 3.02. The zero-order valence-corrected chi connectivity index (χ0v) is 18.9. The molecule has 0 bridgehead atoms. The van der Waals surface area contributed by atoms with Gasteiger partial charge in [-0.25, -0.2) is 4.98 Å². The molecule has 2 aliphatic rings. The number of fused-ring (bicyclic) bond motifs is 2. The highest BCUT2D eigenvalue weighted by atomic mass is 16.5. The van der Waals surface area contributed by atoms with Gasteiger partial charge in [0, 0.05) is 49.6 Å². The Hall–Kier alpha value is -3.22. The second-order valence-electron chi connectivity index (χ2n) is 8.68. The monoisotopic (exact) mass is 443 g/mol. The first-order valence-corrected chi connectivity index (χ1v) is 11.5. The van der Waals surface area contributed by atoms with E-state index in [0.717, 1.165) is 60.8 Å². The van der Waals surface area contributed by atoms with Gasteiger partial charge in [-0.05, 0) is 61.2 Å². The van der Waals surface area contributed by atoms with Crippen molar-refractivity contribution < 1.29 is 14.6 Å². The van der Waals surface area contributed by atoms with Gasteiger partial charge in [-0.2, -0.15) is 0 Å². The van der Waals surface area contributed by atoms with E-state index in [1.807, 2.05) is 42.5 Å². The number of aromatic nitrogens is 2. The fraction of sp³-hybridized carbons (Fsp3) is 0.333. The molecule has 6 heteroatoms. The van der Waals surface area contributed by atoms with Crippen molar-refractivity contribution in [3.05, 3.63) is 83.8 Å². The van der Waals surface area contributed by atoms with E-state index in [2.05, 4.69) is 27.0 Å². The zero-order valence-electron chi connectivity index (χ0n) is 18.9. The molecule has 1 fully saturated rings. The Kier molecular flexibility index (Phi) is 6.11. The van der Waals surface area contributed by atoms with Gasteiger partial charge in [0.2, 0.25) is 5.88 Å². The number of aliphatic hydroxyl groups is 1. The van der Waals surface area contributed by atoms with Crippen LogP contribution in [0.1, 0.15) is 36.1 Å².